The van der Waals surface area contributed by atoms with E-state index in [1.165, 1.54) is 7.11 Å². The van der Waals surface area contributed by atoms with Crippen molar-refractivity contribution in [1.82, 2.24) is 14.7 Å². The minimum absolute atomic E-state index is 0.0152. The van der Waals surface area contributed by atoms with Gasteiger partial charge in [0.15, 0.2) is 5.78 Å². The Morgan fingerprint density at radius 2 is 1.52 bits per heavy atom. The van der Waals surface area contributed by atoms with E-state index < -0.39 is 42.0 Å². The zero-order chi connectivity index (χ0) is 45.1. The number of benzene rings is 1. The molecule has 60 heavy (non-hydrogen) atoms. The van der Waals surface area contributed by atoms with Crippen LogP contribution in [0.2, 0.25) is 0 Å². The molecule has 9 atom stereocenters. The van der Waals surface area contributed by atoms with Gasteiger partial charge in [-0.05, 0) is 69.0 Å². The second kappa shape index (κ2) is 27.0. The maximum atomic E-state index is 14.5. The van der Waals surface area contributed by atoms with Gasteiger partial charge in [0.05, 0.1) is 49.3 Å². The summed E-state index contributed by atoms with van der Waals surface area (Å²) in [6.07, 6.45) is 4.95. The van der Waals surface area contributed by atoms with E-state index in [-0.39, 0.29) is 78.9 Å². The number of likely N-dealkylation sites (tertiary alicyclic amines) is 1. The van der Waals surface area contributed by atoms with Crippen molar-refractivity contribution in [3.05, 3.63) is 35.9 Å². The van der Waals surface area contributed by atoms with Crippen molar-refractivity contribution >= 4 is 29.4 Å². The van der Waals surface area contributed by atoms with E-state index in [9.17, 15) is 29.1 Å². The normalized spacial score (nSPS) is 18.5. The van der Waals surface area contributed by atoms with E-state index in [1.54, 1.807) is 30.9 Å². The van der Waals surface area contributed by atoms with E-state index in [4.69, 9.17) is 15.4 Å². The van der Waals surface area contributed by atoms with E-state index >= 15 is 0 Å². The van der Waals surface area contributed by atoms with Gasteiger partial charge in [0.1, 0.15) is 5.78 Å². The highest BCUT2D eigenvalue weighted by Gasteiger charge is 2.43. The average molecular weight is 845 g/mol. The fourth-order valence-corrected chi connectivity index (χ4v) is 9.29. The van der Waals surface area contributed by atoms with Gasteiger partial charge in [-0.25, -0.2) is 5.90 Å². The number of ether oxygens (including phenoxy) is 2. The monoisotopic (exact) mass is 845 g/mol. The molecule has 1 aromatic carbocycles. The molecule has 0 aliphatic carbocycles. The van der Waals surface area contributed by atoms with Crippen LogP contribution in [0.25, 0.3) is 0 Å². The van der Waals surface area contributed by atoms with E-state index in [0.717, 1.165) is 50.6 Å². The van der Waals surface area contributed by atoms with Crippen molar-refractivity contribution < 1.29 is 43.4 Å². The van der Waals surface area contributed by atoms with Crippen molar-refractivity contribution in [2.24, 2.45) is 41.4 Å². The number of Topliss-reactive ketones (excluding diaryl/α,β-unsaturated/α-hetero) is 2. The average Bonchev–Trinajstić information content (AvgIpc) is 3.70. The first kappa shape index (κ1) is 52.9. The van der Waals surface area contributed by atoms with E-state index in [0.29, 0.717) is 19.6 Å². The number of nitrogens with two attached hydrogens (primary N) is 1. The van der Waals surface area contributed by atoms with Crippen LogP contribution in [-0.2, 0) is 44.7 Å². The lowest BCUT2D eigenvalue weighted by molar-refractivity contribution is -0.149. The van der Waals surface area contributed by atoms with E-state index in [1.807, 2.05) is 51.2 Å². The molecule has 0 saturated carbocycles. The number of ketones is 2. The summed E-state index contributed by atoms with van der Waals surface area (Å²) in [4.78, 5) is 79.1. The van der Waals surface area contributed by atoms with Crippen molar-refractivity contribution in [2.45, 2.75) is 149 Å². The smallest absolute Gasteiger partial charge is 0.307 e. The molecule has 0 bridgehead atoms. The molecule has 1 fully saturated rings. The van der Waals surface area contributed by atoms with Crippen LogP contribution in [0, 0.1) is 35.5 Å². The van der Waals surface area contributed by atoms with Gasteiger partial charge in [-0.2, -0.15) is 0 Å². The lowest BCUT2D eigenvalue weighted by Gasteiger charge is -2.41. The summed E-state index contributed by atoms with van der Waals surface area (Å²) in [7, 11) is 6.86. The maximum Gasteiger partial charge on any atom is 0.307 e. The van der Waals surface area contributed by atoms with Crippen LogP contribution in [0.1, 0.15) is 118 Å². The number of carbonyl (C=O) groups excluding carboxylic acids is 4. The predicted molar refractivity (Wildman–Crippen MR) is 235 cm³/mol. The molecule has 0 spiro atoms. The molecule has 0 radical (unpaired) electrons. The van der Waals surface area contributed by atoms with Crippen LogP contribution in [0.3, 0.4) is 0 Å². The number of nitrogens with zero attached hydrogens (tertiary/aromatic N) is 3. The zero-order valence-electron chi connectivity index (χ0n) is 38.8. The Morgan fingerprint density at radius 1 is 0.867 bits per heavy atom. The summed E-state index contributed by atoms with van der Waals surface area (Å²) < 4.78 is 12.0. The number of likely N-dealkylation sites (N-methyl/N-ethyl adjacent to an activating group) is 2. The number of hydrogen-bond acceptors (Lipinski definition) is 10. The number of methoxy groups -OCH3 is 2. The standard InChI is InChI=1S/C47H80N4O9/c1-12-33(6)44(50(9)46(55)37(31(2)3)29-40(53)43(32(4)5)49(8)24-18-13-14-19-26-60-48)41(58-10)30-42(54)51-25-20-23-38(51)45(59-11)34(7)39(52)28-36(47(56)57)27-35-21-16-15-17-22-35/h15-17,21-22,31-34,36-38,41,43-45H,12-14,18-20,23-30,48H2,1-11H3,(H,56,57)/t33-,34-,36+,37-,38-,41+,43-,44-,45+/m0/s1. The van der Waals surface area contributed by atoms with Gasteiger partial charge in [-0.3, -0.25) is 28.9 Å². The van der Waals surface area contributed by atoms with Crippen LogP contribution in [0.5, 0.6) is 0 Å². The van der Waals surface area contributed by atoms with Crippen molar-refractivity contribution in [1.29, 1.82) is 0 Å². The molecule has 0 unspecified atom stereocenters. The third-order valence-corrected chi connectivity index (χ3v) is 13.0. The Hall–Kier alpha value is -3.23. The van der Waals surface area contributed by atoms with Crippen molar-refractivity contribution in [2.75, 3.05) is 48.0 Å². The molecular formula is C47H80N4O9. The summed E-state index contributed by atoms with van der Waals surface area (Å²) in [5.74, 6) is 1.54. The Morgan fingerprint density at radius 3 is 2.07 bits per heavy atom. The largest absolute Gasteiger partial charge is 0.481 e. The van der Waals surface area contributed by atoms with E-state index in [2.05, 4.69) is 37.4 Å². The second-order valence-corrected chi connectivity index (χ2v) is 18.0. The first-order valence-corrected chi connectivity index (χ1v) is 22.4. The van der Waals surface area contributed by atoms with Gasteiger partial charge in [0.2, 0.25) is 11.8 Å². The third kappa shape index (κ3) is 15.6. The summed E-state index contributed by atoms with van der Waals surface area (Å²) in [5.41, 5.74) is 0.848. The first-order chi connectivity index (χ1) is 28.4. The third-order valence-electron chi connectivity index (χ3n) is 13.0. The quantitative estimate of drug-likeness (QED) is 0.0645. The molecule has 1 saturated heterocycles. The number of aliphatic carboxylic acids is 1. The van der Waals surface area contributed by atoms with Gasteiger partial charge in [0, 0.05) is 52.5 Å². The van der Waals surface area contributed by atoms with Crippen LogP contribution >= 0.6 is 0 Å². The van der Waals surface area contributed by atoms with Crippen molar-refractivity contribution in [3.8, 4) is 0 Å². The molecule has 13 nitrogen and oxygen atoms in total. The van der Waals surface area contributed by atoms with Gasteiger partial charge in [0.25, 0.3) is 0 Å². The lowest BCUT2D eigenvalue weighted by atomic mass is 9.83. The predicted octanol–water partition coefficient (Wildman–Crippen LogP) is 6.45. The molecule has 1 aliphatic heterocycles. The fourth-order valence-electron chi connectivity index (χ4n) is 9.29. The Bertz CT molecular complexity index is 1460. The molecule has 1 aliphatic rings. The van der Waals surface area contributed by atoms with Crippen LogP contribution in [0.15, 0.2) is 30.3 Å². The van der Waals surface area contributed by atoms with Crippen LogP contribution in [-0.4, -0.2) is 128 Å². The Kier molecular flexibility index (Phi) is 23.8. The summed E-state index contributed by atoms with van der Waals surface area (Å²) in [5, 5.41) is 9.98. The molecule has 0 aromatic heterocycles. The minimum Gasteiger partial charge on any atom is -0.481 e. The Labute approximate surface area is 361 Å². The van der Waals surface area contributed by atoms with Crippen LogP contribution in [0.4, 0.5) is 0 Å². The summed E-state index contributed by atoms with van der Waals surface area (Å²) >= 11 is 0. The topological polar surface area (TPSA) is 169 Å². The SMILES string of the molecule is CC[C@H](C)[C@@H]([C@@H](CC(=O)N1CCC[C@H]1[C@H](OC)[C@@H](C)C(=O)C[C@@H](Cc1ccccc1)C(=O)O)OC)N(C)C(=O)[C@@H](CC(=O)[C@H](C(C)C)N(C)CCCCCCON)C(C)C. The molecule has 342 valence electrons. The number of rotatable bonds is 30. The second-order valence-electron chi connectivity index (χ2n) is 18.0. The van der Waals surface area contributed by atoms with Gasteiger partial charge in [-0.15, -0.1) is 0 Å². The number of unbranched alkanes of at least 4 members (excludes halogenated alkanes) is 3. The highest BCUT2D eigenvalue weighted by molar-refractivity contribution is 5.90. The van der Waals surface area contributed by atoms with Crippen LogP contribution < -0.4 is 5.90 Å². The number of carboxylic acid groups (broad SMARTS) is 1. The molecular weight excluding hydrogens is 765 g/mol. The maximum absolute atomic E-state index is 14.5. The lowest BCUT2D eigenvalue weighted by Crippen LogP contribution is -2.54. The number of hydrogen-bond donors (Lipinski definition) is 2. The molecule has 1 aromatic rings. The highest BCUT2D eigenvalue weighted by Crippen LogP contribution is 2.32. The van der Waals surface area contributed by atoms with Gasteiger partial charge < -0.3 is 29.2 Å². The van der Waals surface area contributed by atoms with Gasteiger partial charge >= 0.3 is 5.97 Å². The summed E-state index contributed by atoms with van der Waals surface area (Å²) in [6.45, 7) is 15.7. The van der Waals surface area contributed by atoms with Crippen molar-refractivity contribution in [3.63, 3.8) is 0 Å². The highest BCUT2D eigenvalue weighted by atomic mass is 16.6. The molecule has 3 N–H and O–H groups in total. The molecule has 2 amide bonds. The zero-order valence-corrected chi connectivity index (χ0v) is 38.8. The Balaban J connectivity index is 2.24. The molecule has 2 rings (SSSR count). The van der Waals surface area contributed by atoms with Gasteiger partial charge in [-0.1, -0.05) is 98.1 Å². The molecule has 13 heteroatoms. The number of amides is 2. The summed E-state index contributed by atoms with van der Waals surface area (Å²) in [6, 6.07) is 8.13. The minimum atomic E-state index is -1.03. The number of carbonyl (C=O) groups is 5. The first-order valence-electron chi connectivity index (χ1n) is 22.4. The number of carboxylic acids is 1. The molecule has 1 heterocycles. The fraction of sp³-hybridized carbons (Fsp3) is 0.766.